The van der Waals surface area contributed by atoms with Crippen molar-refractivity contribution in [1.29, 1.82) is 10.5 Å². The van der Waals surface area contributed by atoms with Gasteiger partial charge in [0.1, 0.15) is 6.07 Å². The van der Waals surface area contributed by atoms with Crippen LogP contribution in [0.1, 0.15) is 30.9 Å². The molecule has 0 saturated carbocycles. The van der Waals surface area contributed by atoms with Crippen LogP contribution >= 0.6 is 0 Å². The lowest BCUT2D eigenvalue weighted by atomic mass is 9.70. The van der Waals surface area contributed by atoms with E-state index in [1.807, 2.05) is 6.92 Å². The Kier molecular flexibility index (Phi) is 3.45. The molecule has 0 aliphatic carbocycles. The summed E-state index contributed by atoms with van der Waals surface area (Å²) in [6.45, 7) is 2.02. The first-order chi connectivity index (χ1) is 10.6. The highest BCUT2D eigenvalue weighted by atomic mass is 15.2. The lowest BCUT2D eigenvalue weighted by molar-refractivity contribution is 0.102. The van der Waals surface area contributed by atoms with E-state index < -0.39 is 5.41 Å². The zero-order chi connectivity index (χ0) is 15.7. The summed E-state index contributed by atoms with van der Waals surface area (Å²) >= 11 is 0. The molecule has 1 fully saturated rings. The smallest absolute Gasteiger partial charge is 0.101 e. The summed E-state index contributed by atoms with van der Waals surface area (Å²) in [6, 6.07) is 6.75. The van der Waals surface area contributed by atoms with E-state index in [1.165, 1.54) is 6.20 Å². The number of nitrogens with zero attached hydrogens (tertiary/aromatic N) is 4. The fourth-order valence-corrected chi connectivity index (χ4v) is 3.66. The Morgan fingerprint density at radius 1 is 1.32 bits per heavy atom. The van der Waals surface area contributed by atoms with E-state index in [-0.39, 0.29) is 18.1 Å². The van der Waals surface area contributed by atoms with E-state index in [1.54, 1.807) is 12.3 Å². The summed E-state index contributed by atoms with van der Waals surface area (Å²) in [7, 11) is 0. The van der Waals surface area contributed by atoms with E-state index in [0.717, 1.165) is 5.56 Å². The minimum absolute atomic E-state index is 0.0465. The molecule has 3 rings (SSSR count). The number of rotatable bonds is 2. The second-order valence-corrected chi connectivity index (χ2v) is 5.99. The topological polar surface area (TPSA) is 63.7 Å². The van der Waals surface area contributed by atoms with Gasteiger partial charge in [-0.2, -0.15) is 10.5 Å². The Bertz CT molecular complexity index is 728. The van der Waals surface area contributed by atoms with E-state index in [9.17, 15) is 5.26 Å². The van der Waals surface area contributed by atoms with Gasteiger partial charge in [-0.25, -0.2) is 0 Å². The lowest BCUT2D eigenvalue weighted by Crippen LogP contribution is -2.52. The third-order valence-corrected chi connectivity index (χ3v) is 4.76. The van der Waals surface area contributed by atoms with Crippen LogP contribution in [0, 0.1) is 35.0 Å². The molecule has 1 saturated heterocycles. The second-order valence-electron chi connectivity index (χ2n) is 5.99. The SMILES string of the molecule is C#CC(C)N1C2C=CC1CC(C#N)(c1cncc(C#N)c1)C2. The van der Waals surface area contributed by atoms with Crippen LogP contribution in [0.2, 0.25) is 0 Å². The molecule has 0 radical (unpaired) electrons. The molecule has 3 heterocycles. The first kappa shape index (κ1) is 14.3. The van der Waals surface area contributed by atoms with Crippen LogP contribution in [-0.2, 0) is 5.41 Å². The standard InChI is InChI=1S/C18H16N4/c1-3-13(2)22-16-4-5-17(22)8-18(7-16,12-20)15-6-14(9-19)10-21-11-15/h1,4-6,10-11,13,16-17H,7-8H2,2H3. The summed E-state index contributed by atoms with van der Waals surface area (Å²) in [6.07, 6.45) is 14.5. The molecule has 1 aromatic rings. The molecule has 2 aliphatic heterocycles. The molecule has 3 unspecified atom stereocenters. The van der Waals surface area contributed by atoms with Crippen LogP contribution in [0.4, 0.5) is 0 Å². The van der Waals surface area contributed by atoms with Crippen molar-refractivity contribution in [3.05, 3.63) is 41.7 Å². The molecule has 0 amide bonds. The molecule has 0 spiro atoms. The third kappa shape index (κ3) is 2.08. The van der Waals surface area contributed by atoms with Gasteiger partial charge in [0.2, 0.25) is 0 Å². The van der Waals surface area contributed by atoms with Crippen molar-refractivity contribution in [3.63, 3.8) is 0 Å². The molecule has 22 heavy (non-hydrogen) atoms. The quantitative estimate of drug-likeness (QED) is 0.618. The normalized spacial score (nSPS) is 31.0. The summed E-state index contributed by atoms with van der Waals surface area (Å²) in [5.74, 6) is 2.79. The van der Waals surface area contributed by atoms with Gasteiger partial charge in [-0.05, 0) is 31.4 Å². The summed E-state index contributed by atoms with van der Waals surface area (Å²) < 4.78 is 0. The maximum atomic E-state index is 9.86. The number of fused-ring (bicyclic) bond motifs is 2. The summed E-state index contributed by atoms with van der Waals surface area (Å²) in [5, 5.41) is 18.9. The van der Waals surface area contributed by atoms with Gasteiger partial charge >= 0.3 is 0 Å². The largest absolute Gasteiger partial charge is 0.277 e. The van der Waals surface area contributed by atoms with Crippen molar-refractivity contribution in [3.8, 4) is 24.5 Å². The maximum Gasteiger partial charge on any atom is 0.101 e. The van der Waals surface area contributed by atoms with Gasteiger partial charge in [0.25, 0.3) is 0 Å². The Morgan fingerprint density at radius 2 is 2.00 bits per heavy atom. The van der Waals surface area contributed by atoms with Gasteiger partial charge in [0.05, 0.1) is 23.1 Å². The summed E-state index contributed by atoms with van der Waals surface area (Å²) in [5.41, 5.74) is 0.719. The Balaban J connectivity index is 1.97. The van der Waals surface area contributed by atoms with Crippen molar-refractivity contribution < 1.29 is 0 Å². The van der Waals surface area contributed by atoms with E-state index in [4.69, 9.17) is 11.7 Å². The van der Waals surface area contributed by atoms with E-state index in [2.05, 4.69) is 40.1 Å². The molecule has 108 valence electrons. The van der Waals surface area contributed by atoms with Crippen molar-refractivity contribution >= 4 is 0 Å². The monoisotopic (exact) mass is 288 g/mol. The van der Waals surface area contributed by atoms with Crippen LogP contribution in [0.3, 0.4) is 0 Å². The van der Waals surface area contributed by atoms with Crippen molar-refractivity contribution in [2.45, 2.75) is 43.3 Å². The minimum atomic E-state index is -0.608. The highest BCUT2D eigenvalue weighted by Gasteiger charge is 2.48. The van der Waals surface area contributed by atoms with Crippen LogP contribution in [0.5, 0.6) is 0 Å². The molecule has 0 aromatic carbocycles. The molecular weight excluding hydrogens is 272 g/mol. The van der Waals surface area contributed by atoms with Gasteiger partial charge in [-0.3, -0.25) is 9.88 Å². The Morgan fingerprint density at radius 3 is 2.55 bits per heavy atom. The molecule has 4 nitrogen and oxygen atoms in total. The molecule has 2 bridgehead atoms. The predicted molar refractivity (Wildman–Crippen MR) is 82.3 cm³/mol. The van der Waals surface area contributed by atoms with Crippen LogP contribution in [0.15, 0.2) is 30.6 Å². The third-order valence-electron chi connectivity index (χ3n) is 4.76. The summed E-state index contributed by atoms with van der Waals surface area (Å²) in [4.78, 5) is 6.41. The van der Waals surface area contributed by atoms with Gasteiger partial charge < -0.3 is 0 Å². The second kappa shape index (κ2) is 5.30. The van der Waals surface area contributed by atoms with Crippen molar-refractivity contribution in [1.82, 2.24) is 9.88 Å². The van der Waals surface area contributed by atoms with Crippen LogP contribution < -0.4 is 0 Å². The fourth-order valence-electron chi connectivity index (χ4n) is 3.66. The highest BCUT2D eigenvalue weighted by molar-refractivity contribution is 5.40. The maximum absolute atomic E-state index is 9.86. The minimum Gasteiger partial charge on any atom is -0.277 e. The lowest BCUT2D eigenvalue weighted by Gasteiger charge is -2.44. The first-order valence-corrected chi connectivity index (χ1v) is 7.32. The first-order valence-electron chi connectivity index (χ1n) is 7.32. The van der Waals surface area contributed by atoms with E-state index >= 15 is 0 Å². The van der Waals surface area contributed by atoms with E-state index in [0.29, 0.717) is 18.4 Å². The predicted octanol–water partition coefficient (Wildman–Crippen LogP) is 2.14. The zero-order valence-corrected chi connectivity index (χ0v) is 12.4. The van der Waals surface area contributed by atoms with Crippen molar-refractivity contribution in [2.24, 2.45) is 0 Å². The Labute approximate surface area is 130 Å². The number of piperidine rings is 1. The van der Waals surface area contributed by atoms with Crippen LogP contribution in [-0.4, -0.2) is 28.0 Å². The average molecular weight is 288 g/mol. The molecule has 2 aliphatic rings. The number of terminal acetylenes is 1. The number of pyridine rings is 1. The van der Waals surface area contributed by atoms with Crippen molar-refractivity contribution in [2.75, 3.05) is 0 Å². The fraction of sp³-hybridized carbons (Fsp3) is 0.389. The highest BCUT2D eigenvalue weighted by Crippen LogP contribution is 2.44. The van der Waals surface area contributed by atoms with Crippen LogP contribution in [0.25, 0.3) is 0 Å². The number of hydrogen-bond acceptors (Lipinski definition) is 4. The molecular formula is C18H16N4. The number of aromatic nitrogens is 1. The number of nitriles is 2. The molecule has 0 N–H and O–H groups in total. The van der Waals surface area contributed by atoms with Gasteiger partial charge in [0, 0.05) is 24.5 Å². The van der Waals surface area contributed by atoms with Gasteiger partial charge in [-0.15, -0.1) is 6.42 Å². The van der Waals surface area contributed by atoms with Gasteiger partial charge in [-0.1, -0.05) is 18.1 Å². The molecule has 4 heteroatoms. The average Bonchev–Trinajstić information content (AvgIpc) is 2.85. The molecule has 3 atom stereocenters. The molecule has 1 aromatic heterocycles. The zero-order valence-electron chi connectivity index (χ0n) is 12.4. The number of hydrogen-bond donors (Lipinski definition) is 0. The van der Waals surface area contributed by atoms with Gasteiger partial charge in [0.15, 0.2) is 0 Å². The Hall–Kier alpha value is -2.61.